The van der Waals surface area contributed by atoms with Gasteiger partial charge in [0.1, 0.15) is 0 Å². The predicted octanol–water partition coefficient (Wildman–Crippen LogP) is -0.383. The minimum Gasteiger partial charge on any atom is -0.350 e. The molecule has 1 aromatic carbocycles. The lowest BCUT2D eigenvalue weighted by molar-refractivity contribution is 0.246. The number of nitrogens with zero attached hydrogens (tertiary/aromatic N) is 1. The highest BCUT2D eigenvalue weighted by Crippen LogP contribution is 2.01. The molecule has 0 aliphatic rings. The van der Waals surface area contributed by atoms with Gasteiger partial charge in [-0.3, -0.25) is 14.7 Å². The Morgan fingerprint density at radius 1 is 1.20 bits per heavy atom. The van der Waals surface area contributed by atoms with Gasteiger partial charge in [0.2, 0.25) is 0 Å². The van der Waals surface area contributed by atoms with Crippen LogP contribution < -0.4 is 16.9 Å². The summed E-state index contributed by atoms with van der Waals surface area (Å²) in [6, 6.07) is 5.19. The first kappa shape index (κ1) is 9.20. The molecule has 0 saturated carbocycles. The number of carbonyl (C=O) groups is 1. The molecular weight excluding hydrogens is 198 g/mol. The van der Waals surface area contributed by atoms with Gasteiger partial charge >= 0.3 is 6.03 Å². The van der Waals surface area contributed by atoms with E-state index in [2.05, 4.69) is 5.10 Å². The zero-order chi connectivity index (χ0) is 11.0. The molecule has 0 radical (unpaired) electrons. The summed E-state index contributed by atoms with van der Waals surface area (Å²) in [5.41, 5.74) is 3.78. The fourth-order valence-corrected chi connectivity index (χ4v) is 1.36. The molecule has 1 aromatic heterocycles. The number of nitrogens with two attached hydrogens (primary N) is 1. The molecule has 6 heteroatoms. The lowest BCUT2D eigenvalue weighted by Gasteiger charge is -2.01. The Labute approximate surface area is 82.9 Å². The highest BCUT2D eigenvalue weighted by Gasteiger charge is 2.08. The van der Waals surface area contributed by atoms with Crippen LogP contribution >= 0.6 is 0 Å². The Balaban J connectivity index is 3.04. The summed E-state index contributed by atoms with van der Waals surface area (Å²) in [6.07, 6.45) is 0. The van der Waals surface area contributed by atoms with Crippen molar-refractivity contribution in [1.82, 2.24) is 9.78 Å². The van der Waals surface area contributed by atoms with E-state index in [1.54, 1.807) is 12.1 Å². The Hall–Kier alpha value is -2.37. The van der Waals surface area contributed by atoms with Gasteiger partial charge < -0.3 is 5.73 Å². The average Bonchev–Trinajstić information content (AvgIpc) is 2.23. The summed E-state index contributed by atoms with van der Waals surface area (Å²) in [5, 5.41) is 2.49. The number of aromatic amines is 1. The van der Waals surface area contributed by atoms with E-state index < -0.39 is 17.1 Å². The lowest BCUT2D eigenvalue weighted by atomic mass is 10.2. The smallest absolute Gasteiger partial charge is 0.341 e. The van der Waals surface area contributed by atoms with E-state index in [-0.39, 0.29) is 10.8 Å². The van der Waals surface area contributed by atoms with Crippen molar-refractivity contribution in [3.05, 3.63) is 45.0 Å². The van der Waals surface area contributed by atoms with Gasteiger partial charge in [-0.2, -0.15) is 4.68 Å². The van der Waals surface area contributed by atoms with E-state index in [4.69, 9.17) is 5.73 Å². The zero-order valence-corrected chi connectivity index (χ0v) is 7.56. The van der Waals surface area contributed by atoms with Crippen LogP contribution in [0.1, 0.15) is 0 Å². The second kappa shape index (κ2) is 3.09. The fraction of sp³-hybridized carbons (Fsp3) is 0. The highest BCUT2D eigenvalue weighted by atomic mass is 16.2. The van der Waals surface area contributed by atoms with Gasteiger partial charge in [0.05, 0.1) is 10.8 Å². The molecule has 2 aromatic rings. The molecule has 6 nitrogen and oxygen atoms in total. The van der Waals surface area contributed by atoms with Gasteiger partial charge in [-0.1, -0.05) is 12.1 Å². The number of amides is 1. The van der Waals surface area contributed by atoms with Crippen molar-refractivity contribution in [3.8, 4) is 0 Å². The third-order valence-electron chi connectivity index (χ3n) is 2.04. The van der Waals surface area contributed by atoms with Crippen LogP contribution in [0.5, 0.6) is 0 Å². The Bertz CT molecular complexity index is 653. The number of carbonyl (C=O) groups excluding carboxylic acids is 1. The molecule has 0 aliphatic heterocycles. The van der Waals surface area contributed by atoms with Crippen LogP contribution in [0.4, 0.5) is 4.79 Å². The second-order valence-electron chi connectivity index (χ2n) is 2.97. The molecule has 1 heterocycles. The summed E-state index contributed by atoms with van der Waals surface area (Å²) < 4.78 is 0.491. The lowest BCUT2D eigenvalue weighted by Crippen LogP contribution is -2.37. The number of hydrogen-bond acceptors (Lipinski definition) is 3. The van der Waals surface area contributed by atoms with Crippen LogP contribution in [0.3, 0.4) is 0 Å². The van der Waals surface area contributed by atoms with Gasteiger partial charge in [0.15, 0.2) is 0 Å². The summed E-state index contributed by atoms with van der Waals surface area (Å²) in [5.74, 6) is 0. The summed E-state index contributed by atoms with van der Waals surface area (Å²) in [4.78, 5) is 33.9. The van der Waals surface area contributed by atoms with Gasteiger partial charge in [0, 0.05) is 0 Å². The van der Waals surface area contributed by atoms with Crippen LogP contribution in [0.25, 0.3) is 10.8 Å². The zero-order valence-electron chi connectivity index (χ0n) is 7.56. The van der Waals surface area contributed by atoms with Crippen molar-refractivity contribution in [1.29, 1.82) is 0 Å². The van der Waals surface area contributed by atoms with E-state index in [0.717, 1.165) is 0 Å². The number of benzene rings is 1. The molecular formula is C9H7N3O3. The Morgan fingerprint density at radius 2 is 1.80 bits per heavy atom. The first-order valence-electron chi connectivity index (χ1n) is 4.15. The third kappa shape index (κ3) is 1.32. The summed E-state index contributed by atoms with van der Waals surface area (Å²) in [7, 11) is 0. The minimum absolute atomic E-state index is 0.167. The molecule has 1 amide bonds. The Morgan fingerprint density at radius 3 is 2.40 bits per heavy atom. The summed E-state index contributed by atoms with van der Waals surface area (Å²) >= 11 is 0. The van der Waals surface area contributed by atoms with Gasteiger partial charge in [-0.15, -0.1) is 0 Å². The normalized spacial score (nSPS) is 10.4. The molecule has 0 atom stereocenters. The first-order valence-corrected chi connectivity index (χ1v) is 4.15. The largest absolute Gasteiger partial charge is 0.350 e. The number of H-pyrrole nitrogens is 1. The van der Waals surface area contributed by atoms with E-state index in [1.165, 1.54) is 12.1 Å². The summed E-state index contributed by atoms with van der Waals surface area (Å²) in [6.45, 7) is 0. The SMILES string of the molecule is NC(=O)n1[nH]c(=O)c2ccccc2c1=O. The van der Waals surface area contributed by atoms with Crippen LogP contribution in [-0.4, -0.2) is 15.8 Å². The Kier molecular flexibility index (Phi) is 1.89. The number of primary amides is 1. The van der Waals surface area contributed by atoms with Crippen LogP contribution in [0, 0.1) is 0 Å². The topological polar surface area (TPSA) is 97.9 Å². The van der Waals surface area contributed by atoms with Crippen molar-refractivity contribution in [2.24, 2.45) is 5.73 Å². The predicted molar refractivity (Wildman–Crippen MR) is 53.8 cm³/mol. The molecule has 15 heavy (non-hydrogen) atoms. The molecule has 0 unspecified atom stereocenters. The van der Waals surface area contributed by atoms with Crippen LogP contribution in [-0.2, 0) is 0 Å². The minimum atomic E-state index is -1.01. The maximum atomic E-state index is 11.6. The fourth-order valence-electron chi connectivity index (χ4n) is 1.36. The van der Waals surface area contributed by atoms with Crippen molar-refractivity contribution >= 4 is 16.8 Å². The van der Waals surface area contributed by atoms with Gasteiger partial charge in [-0.25, -0.2) is 4.79 Å². The average molecular weight is 205 g/mol. The molecule has 0 spiro atoms. The quantitative estimate of drug-likeness (QED) is 0.613. The van der Waals surface area contributed by atoms with E-state index >= 15 is 0 Å². The van der Waals surface area contributed by atoms with Crippen molar-refractivity contribution < 1.29 is 4.79 Å². The van der Waals surface area contributed by atoms with Gasteiger partial charge in [-0.05, 0) is 12.1 Å². The molecule has 0 bridgehead atoms. The third-order valence-corrected chi connectivity index (χ3v) is 2.04. The standard InChI is InChI=1S/C9H7N3O3/c10-9(15)12-8(14)6-4-2-1-3-5(6)7(13)11-12/h1-4H,(H2,10,15)(H,11,13). The number of hydrogen-bond donors (Lipinski definition) is 2. The molecule has 0 saturated heterocycles. The van der Waals surface area contributed by atoms with Crippen LogP contribution in [0.2, 0.25) is 0 Å². The van der Waals surface area contributed by atoms with Gasteiger partial charge in [0.25, 0.3) is 11.1 Å². The maximum Gasteiger partial charge on any atom is 0.341 e. The van der Waals surface area contributed by atoms with E-state index in [0.29, 0.717) is 4.68 Å². The molecule has 76 valence electrons. The molecule has 2 rings (SSSR count). The molecule has 3 N–H and O–H groups in total. The number of nitrogens with one attached hydrogen (secondary N) is 1. The van der Waals surface area contributed by atoms with Crippen LogP contribution in [0.15, 0.2) is 33.9 Å². The number of aromatic nitrogens is 2. The first-order chi connectivity index (χ1) is 7.11. The molecule has 0 fully saturated rings. The van der Waals surface area contributed by atoms with Crippen molar-refractivity contribution in [2.75, 3.05) is 0 Å². The monoisotopic (exact) mass is 205 g/mol. The number of rotatable bonds is 0. The van der Waals surface area contributed by atoms with Crippen molar-refractivity contribution in [2.45, 2.75) is 0 Å². The maximum absolute atomic E-state index is 11.6. The van der Waals surface area contributed by atoms with E-state index in [1.807, 2.05) is 0 Å². The highest BCUT2D eigenvalue weighted by molar-refractivity contribution is 5.83. The van der Waals surface area contributed by atoms with E-state index in [9.17, 15) is 14.4 Å². The second-order valence-corrected chi connectivity index (χ2v) is 2.97. The van der Waals surface area contributed by atoms with Crippen molar-refractivity contribution in [3.63, 3.8) is 0 Å². The number of fused-ring (bicyclic) bond motifs is 1. The molecule has 0 aliphatic carbocycles.